The summed E-state index contributed by atoms with van der Waals surface area (Å²) in [5.74, 6) is 1.34. The average Bonchev–Trinajstić information content (AvgIpc) is 4.20. The molecule has 1 spiro atoms. The van der Waals surface area contributed by atoms with Gasteiger partial charge in [-0.1, -0.05) is 23.1 Å². The Balaban J connectivity index is 0.568. The van der Waals surface area contributed by atoms with Gasteiger partial charge in [0, 0.05) is 24.1 Å². The number of carbonyl (C=O) groups is 1. The van der Waals surface area contributed by atoms with Crippen LogP contribution in [0, 0.1) is 29.3 Å². The lowest BCUT2D eigenvalue weighted by Crippen LogP contribution is -2.59. The molecule has 2 fully saturated rings. The molecule has 3 aliphatic rings. The molecule has 0 saturated carbocycles. The minimum atomic E-state index is -2.11. The number of nitrogens with zero attached hydrogens (tertiary/aromatic N) is 8. The minimum absolute atomic E-state index is 0.0507. The van der Waals surface area contributed by atoms with Crippen molar-refractivity contribution >= 4 is 42.8 Å². The van der Waals surface area contributed by atoms with Crippen LogP contribution in [0.1, 0.15) is 47.9 Å². The molecule has 442 valence electrons. The van der Waals surface area contributed by atoms with E-state index in [1.165, 1.54) is 0 Å². The number of hydrogen-bond acceptors (Lipinski definition) is 22. The summed E-state index contributed by atoms with van der Waals surface area (Å²) < 4.78 is 116. The number of halogens is 4. The second-order valence-corrected chi connectivity index (χ2v) is 19.8. The van der Waals surface area contributed by atoms with Crippen LogP contribution >= 0.6 is 20.0 Å². The molecule has 0 aliphatic carbocycles. The molecule has 24 nitrogen and oxygen atoms in total. The topological polar surface area (TPSA) is 255 Å². The van der Waals surface area contributed by atoms with Gasteiger partial charge in [0.1, 0.15) is 36.9 Å². The summed E-state index contributed by atoms with van der Waals surface area (Å²) in [5.41, 5.74) is 3.98. The lowest BCUT2D eigenvalue weighted by molar-refractivity contribution is -0.136. The number of ether oxygens (including phenoxy) is 13. The summed E-state index contributed by atoms with van der Waals surface area (Å²) in [7, 11) is -2.11. The van der Waals surface area contributed by atoms with Gasteiger partial charge in [-0.2, -0.15) is 15.1 Å². The van der Waals surface area contributed by atoms with Crippen molar-refractivity contribution < 1.29 is 89.3 Å². The summed E-state index contributed by atoms with van der Waals surface area (Å²) in [6.07, 6.45) is 4.59. The van der Waals surface area contributed by atoms with Gasteiger partial charge in [0.25, 0.3) is 0 Å². The lowest BCUT2D eigenvalue weighted by atomic mass is 9.84. The van der Waals surface area contributed by atoms with Crippen molar-refractivity contribution in [3.05, 3.63) is 87.8 Å². The van der Waals surface area contributed by atoms with Crippen LogP contribution < -0.4 is 9.64 Å². The van der Waals surface area contributed by atoms with Gasteiger partial charge in [-0.05, 0) is 47.7 Å². The molecular weight excluding hydrogens is 1120 g/mol. The predicted octanol–water partition coefficient (Wildman–Crippen LogP) is 4.38. The Kier molecular flexibility index (Phi) is 25.0. The van der Waals surface area contributed by atoms with Crippen molar-refractivity contribution in [2.75, 3.05) is 143 Å². The van der Waals surface area contributed by atoms with E-state index in [2.05, 4.69) is 59.0 Å². The summed E-state index contributed by atoms with van der Waals surface area (Å²) in [4.78, 5) is 41.2. The van der Waals surface area contributed by atoms with Crippen LogP contribution in [0.4, 0.5) is 19.0 Å². The van der Waals surface area contributed by atoms with Gasteiger partial charge in [0.05, 0.1) is 168 Å². The summed E-state index contributed by atoms with van der Waals surface area (Å²) >= 11 is 6.45. The molecule has 0 amide bonds. The Bertz CT molecular complexity index is 2800. The van der Waals surface area contributed by atoms with Crippen molar-refractivity contribution in [3.63, 3.8) is 0 Å². The zero-order chi connectivity index (χ0) is 56.7. The summed E-state index contributed by atoms with van der Waals surface area (Å²) in [6, 6.07) is 7.00. The highest BCUT2D eigenvalue weighted by Gasteiger charge is 2.51. The van der Waals surface area contributed by atoms with Gasteiger partial charge in [-0.3, -0.25) is 4.79 Å². The van der Waals surface area contributed by atoms with Crippen molar-refractivity contribution in [2.24, 2.45) is 0 Å². The zero-order valence-corrected chi connectivity index (χ0v) is 46.1. The number of fused-ring (bicyclic) bond motifs is 3. The van der Waals surface area contributed by atoms with Crippen LogP contribution in [-0.2, 0) is 87.0 Å². The number of hydrogen-bond donors (Lipinski definition) is 2. The quantitative estimate of drug-likeness (QED) is 0.0140. The Morgan fingerprint density at radius 3 is 2.11 bits per heavy atom. The number of aromatic nitrogens is 7. The third-order valence-corrected chi connectivity index (χ3v) is 13.1. The molecule has 0 radical (unpaired) electrons. The first-order valence-electron chi connectivity index (χ1n) is 26.3. The maximum Gasteiger partial charge on any atom is 0.313 e. The smallest absolute Gasteiger partial charge is 0.313 e. The third kappa shape index (κ3) is 19.2. The SMILES string of the molecule is O=C(CCOCCOCCOCCOCCc1cn(COCCOCCOCCOCCOCC#Cc2ccc3c(c2)COC32CN(c3nc(Cl)nc4c3cnn4C3CCC(COCP(O)O)O3)C2)nn1)Oc1c(F)cc(F)cc1F. The normalized spacial score (nSPS) is 16.4. The fourth-order valence-electron chi connectivity index (χ4n) is 8.70. The maximum atomic E-state index is 13.6. The summed E-state index contributed by atoms with van der Waals surface area (Å²) in [6.45, 7) is 7.96. The molecule has 5 aromatic rings. The molecule has 6 heterocycles. The molecule has 2 unspecified atom stereocenters. The Morgan fingerprint density at radius 1 is 0.790 bits per heavy atom. The van der Waals surface area contributed by atoms with Gasteiger partial charge in [0.15, 0.2) is 31.9 Å². The van der Waals surface area contributed by atoms with E-state index in [9.17, 15) is 18.0 Å². The molecule has 2 atom stereocenters. The van der Waals surface area contributed by atoms with E-state index in [0.717, 1.165) is 34.2 Å². The van der Waals surface area contributed by atoms with E-state index in [1.54, 1.807) is 21.8 Å². The fourth-order valence-corrected chi connectivity index (χ4v) is 9.13. The van der Waals surface area contributed by atoms with Crippen LogP contribution in [0.3, 0.4) is 0 Å². The largest absolute Gasteiger partial charge is 0.420 e. The standard InChI is InChI=1S/C52H65ClF3N8O16P/c53-51-58-49(42-29-57-64(50(42)59-51)46-6-4-41(79-46)32-77-36-81(66)67)62-33-52(34-62)43-5-3-37(26-38(43)31-78-52)2-1-9-68-12-15-71-18-21-74-22-23-75-24-25-76-35-63-30-40(60-61-63)7-10-69-13-16-72-19-20-73-17-14-70-11-8-47(65)80-48-44(55)27-39(54)28-45(48)56/h3,5,26-30,41,46,66-67H,4,6-25,31-36H2. The highest BCUT2D eigenvalue weighted by Crippen LogP contribution is 2.46. The van der Waals surface area contributed by atoms with Crippen LogP contribution in [0.2, 0.25) is 5.28 Å². The van der Waals surface area contributed by atoms with E-state index in [0.29, 0.717) is 142 Å². The second kappa shape index (κ2) is 32.7. The average molecular weight is 1180 g/mol. The van der Waals surface area contributed by atoms with Gasteiger partial charge in [-0.15, -0.1) is 5.10 Å². The molecule has 2 N–H and O–H groups in total. The first-order valence-corrected chi connectivity index (χ1v) is 28.1. The van der Waals surface area contributed by atoms with Crippen LogP contribution in [-0.4, -0.2) is 195 Å². The second-order valence-electron chi connectivity index (χ2n) is 18.4. The van der Waals surface area contributed by atoms with E-state index in [1.807, 2.05) is 6.07 Å². The molecule has 81 heavy (non-hydrogen) atoms. The van der Waals surface area contributed by atoms with E-state index in [-0.39, 0.29) is 70.1 Å². The molecule has 29 heteroatoms. The first-order chi connectivity index (χ1) is 39.5. The van der Waals surface area contributed by atoms with Gasteiger partial charge in [-0.25, -0.2) is 22.5 Å². The Morgan fingerprint density at radius 2 is 1.43 bits per heavy atom. The van der Waals surface area contributed by atoms with Crippen LogP contribution in [0.5, 0.6) is 5.75 Å². The molecule has 3 aromatic heterocycles. The third-order valence-electron chi connectivity index (χ3n) is 12.5. The molecule has 3 aliphatic heterocycles. The molecule has 8 rings (SSSR count). The Hall–Kier alpha value is -5.09. The molecular formula is C52H65ClF3N8O16P. The highest BCUT2D eigenvalue weighted by atomic mass is 35.5. The van der Waals surface area contributed by atoms with Crippen molar-refractivity contribution in [2.45, 2.75) is 57.0 Å². The number of anilines is 1. The van der Waals surface area contributed by atoms with Crippen molar-refractivity contribution in [1.29, 1.82) is 0 Å². The van der Waals surface area contributed by atoms with E-state index < -0.39 is 43.1 Å². The predicted molar refractivity (Wildman–Crippen MR) is 280 cm³/mol. The maximum absolute atomic E-state index is 13.6. The van der Waals surface area contributed by atoms with Crippen molar-refractivity contribution in [3.8, 4) is 17.6 Å². The summed E-state index contributed by atoms with van der Waals surface area (Å²) in [5, 5.41) is 13.7. The van der Waals surface area contributed by atoms with Crippen LogP contribution in [0.25, 0.3) is 11.0 Å². The van der Waals surface area contributed by atoms with E-state index >= 15 is 0 Å². The highest BCUT2D eigenvalue weighted by molar-refractivity contribution is 7.44. The number of carbonyl (C=O) groups excluding carboxylic acids is 1. The minimum Gasteiger partial charge on any atom is -0.420 e. The Labute approximate surface area is 471 Å². The first kappa shape index (κ1) is 62.0. The lowest BCUT2D eigenvalue weighted by Gasteiger charge is -2.48. The van der Waals surface area contributed by atoms with E-state index in [4.69, 9.17) is 78.2 Å². The van der Waals surface area contributed by atoms with Crippen molar-refractivity contribution in [1.82, 2.24) is 34.7 Å². The van der Waals surface area contributed by atoms with Crippen LogP contribution in [0.15, 0.2) is 42.7 Å². The number of rotatable bonds is 37. The fraction of sp³-hybridized carbons (Fsp3) is 0.577. The van der Waals surface area contributed by atoms with Gasteiger partial charge in [0.2, 0.25) is 11.0 Å². The van der Waals surface area contributed by atoms with Gasteiger partial charge >= 0.3 is 5.97 Å². The van der Waals surface area contributed by atoms with Gasteiger partial charge < -0.3 is 76.3 Å². The molecule has 0 bridgehead atoms. The number of esters is 1. The monoisotopic (exact) mass is 1180 g/mol. The molecule has 2 aromatic carbocycles. The molecule has 2 saturated heterocycles. The number of benzene rings is 2. The zero-order valence-electron chi connectivity index (χ0n) is 44.4.